The lowest BCUT2D eigenvalue weighted by Gasteiger charge is -2.34. The van der Waals surface area contributed by atoms with E-state index >= 15 is 0 Å². The number of piperazine rings is 1. The summed E-state index contributed by atoms with van der Waals surface area (Å²) < 4.78 is 13.0. The van der Waals surface area contributed by atoms with Crippen LogP contribution in [0.5, 0.6) is 11.5 Å². The van der Waals surface area contributed by atoms with E-state index in [-0.39, 0.29) is 36.2 Å². The van der Waals surface area contributed by atoms with E-state index in [0.717, 1.165) is 103 Å². The molecule has 12 nitrogen and oxygen atoms in total. The maximum Gasteiger partial charge on any atom is 0.241 e. The number of carbonyl (C=O) groups is 3. The molecule has 1 aromatic heterocycles. The first-order chi connectivity index (χ1) is 26.7. The van der Waals surface area contributed by atoms with Crippen LogP contribution in [-0.4, -0.2) is 90.5 Å². The normalized spacial score (nSPS) is 16.8. The standard InChI is InChI=1S/C42H52BrN7O5/c1-28(31-10-9-11-32(43)24-31)45-41-35-25-37(54-3)38(26-36(35)46-29(2)47-41)55-23-8-6-4-5-7-18-49-19-21-50(22-20-49)40(52)27-44-33-14-12-30(13-15-33)34-16-17-39(51)48-42(34)53/h9-15,24-26,28,34,44H,4-8,16-23,27H2,1-3H3,(H,45,46,47)(H,48,51,53)/t28-,34?/m1/s1. The maximum absolute atomic E-state index is 12.9. The van der Waals surface area contributed by atoms with Gasteiger partial charge in [0.1, 0.15) is 11.6 Å². The smallest absolute Gasteiger partial charge is 0.241 e. The molecule has 3 amide bonds. The minimum Gasteiger partial charge on any atom is -0.493 e. The van der Waals surface area contributed by atoms with E-state index in [4.69, 9.17) is 19.4 Å². The van der Waals surface area contributed by atoms with Crippen LogP contribution in [0, 0.1) is 6.92 Å². The van der Waals surface area contributed by atoms with E-state index in [9.17, 15) is 14.4 Å². The summed E-state index contributed by atoms with van der Waals surface area (Å²) in [5.41, 5.74) is 3.67. The maximum atomic E-state index is 12.9. The molecule has 0 bridgehead atoms. The Morgan fingerprint density at radius 2 is 1.73 bits per heavy atom. The highest BCUT2D eigenvalue weighted by atomic mass is 79.9. The fourth-order valence-corrected chi connectivity index (χ4v) is 7.62. The average Bonchev–Trinajstić information content (AvgIpc) is 3.18. The second-order valence-electron chi connectivity index (χ2n) is 14.4. The van der Waals surface area contributed by atoms with Gasteiger partial charge in [0.2, 0.25) is 17.7 Å². The van der Waals surface area contributed by atoms with Gasteiger partial charge in [-0.1, -0.05) is 59.5 Å². The number of fused-ring (bicyclic) bond motifs is 1. The third-order valence-corrected chi connectivity index (χ3v) is 10.9. The van der Waals surface area contributed by atoms with E-state index in [0.29, 0.717) is 36.8 Å². The summed E-state index contributed by atoms with van der Waals surface area (Å²) >= 11 is 3.57. The quantitative estimate of drug-likeness (QED) is 0.0756. The Kier molecular flexibility index (Phi) is 13.9. The Balaban J connectivity index is 0.856. The molecule has 2 aliphatic heterocycles. The monoisotopic (exact) mass is 813 g/mol. The van der Waals surface area contributed by atoms with Crippen molar-refractivity contribution in [3.63, 3.8) is 0 Å². The summed E-state index contributed by atoms with van der Waals surface area (Å²) in [7, 11) is 1.66. The summed E-state index contributed by atoms with van der Waals surface area (Å²) in [5, 5.41) is 10.1. The first-order valence-corrected chi connectivity index (χ1v) is 20.1. The molecule has 3 N–H and O–H groups in total. The molecule has 2 aliphatic rings. The van der Waals surface area contributed by atoms with Gasteiger partial charge in [-0.2, -0.15) is 0 Å². The molecule has 2 saturated heterocycles. The minimum atomic E-state index is -0.311. The number of methoxy groups -OCH3 is 1. The highest BCUT2D eigenvalue weighted by Crippen LogP contribution is 2.36. The van der Waals surface area contributed by atoms with Gasteiger partial charge in [0, 0.05) is 54.2 Å². The second kappa shape index (κ2) is 19.2. The number of ether oxygens (including phenoxy) is 2. The molecule has 13 heteroatoms. The number of nitrogens with one attached hydrogen (secondary N) is 3. The number of hydrogen-bond donors (Lipinski definition) is 3. The number of imide groups is 1. The molecule has 0 spiro atoms. The van der Waals surface area contributed by atoms with Crippen LogP contribution in [0.4, 0.5) is 11.5 Å². The molecule has 3 heterocycles. The molecular formula is C42H52BrN7O5. The Hall–Kier alpha value is -4.75. The van der Waals surface area contributed by atoms with Gasteiger partial charge < -0.3 is 25.0 Å². The number of aromatic nitrogens is 2. The Labute approximate surface area is 331 Å². The van der Waals surface area contributed by atoms with Gasteiger partial charge in [0.05, 0.1) is 37.7 Å². The summed E-state index contributed by atoms with van der Waals surface area (Å²) in [5.74, 6) is 2.11. The lowest BCUT2D eigenvalue weighted by atomic mass is 9.90. The van der Waals surface area contributed by atoms with Crippen LogP contribution in [0.2, 0.25) is 0 Å². The number of aryl methyl sites for hydroxylation is 1. The molecule has 292 valence electrons. The molecular weight excluding hydrogens is 762 g/mol. The zero-order valence-electron chi connectivity index (χ0n) is 32.0. The number of benzene rings is 3. The van der Waals surface area contributed by atoms with Crippen LogP contribution in [-0.2, 0) is 14.4 Å². The van der Waals surface area contributed by atoms with Crippen LogP contribution in [0.1, 0.15) is 80.8 Å². The Morgan fingerprint density at radius 1 is 0.964 bits per heavy atom. The summed E-state index contributed by atoms with van der Waals surface area (Å²) in [6, 6.07) is 19.7. The van der Waals surface area contributed by atoms with Crippen molar-refractivity contribution in [2.75, 3.05) is 63.6 Å². The number of carbonyl (C=O) groups excluding carboxylic acids is 3. The predicted octanol–water partition coefficient (Wildman–Crippen LogP) is 6.99. The fourth-order valence-electron chi connectivity index (χ4n) is 7.20. The van der Waals surface area contributed by atoms with Gasteiger partial charge in [-0.15, -0.1) is 0 Å². The second-order valence-corrected chi connectivity index (χ2v) is 15.3. The highest BCUT2D eigenvalue weighted by Gasteiger charge is 2.28. The molecule has 0 saturated carbocycles. The van der Waals surface area contributed by atoms with Crippen LogP contribution < -0.4 is 25.4 Å². The van der Waals surface area contributed by atoms with E-state index in [1.165, 1.54) is 0 Å². The van der Waals surface area contributed by atoms with Gasteiger partial charge in [-0.25, -0.2) is 9.97 Å². The van der Waals surface area contributed by atoms with Crippen LogP contribution in [0.25, 0.3) is 10.9 Å². The zero-order chi connectivity index (χ0) is 38.7. The largest absolute Gasteiger partial charge is 0.493 e. The van der Waals surface area contributed by atoms with Crippen molar-refractivity contribution in [3.8, 4) is 11.5 Å². The molecule has 3 aromatic carbocycles. The van der Waals surface area contributed by atoms with E-state index < -0.39 is 0 Å². The number of anilines is 2. The number of rotatable bonds is 17. The molecule has 0 radical (unpaired) electrons. The van der Waals surface area contributed by atoms with Crippen molar-refractivity contribution in [3.05, 3.63) is 82.1 Å². The molecule has 55 heavy (non-hydrogen) atoms. The lowest BCUT2D eigenvalue weighted by Crippen LogP contribution is -2.50. The minimum absolute atomic E-state index is 0.0417. The zero-order valence-corrected chi connectivity index (χ0v) is 33.6. The molecule has 2 fully saturated rings. The van der Waals surface area contributed by atoms with Gasteiger partial charge in [-0.05, 0) is 81.1 Å². The molecule has 4 aromatic rings. The van der Waals surface area contributed by atoms with Crippen molar-refractivity contribution in [2.24, 2.45) is 0 Å². The van der Waals surface area contributed by atoms with Crippen molar-refractivity contribution < 1.29 is 23.9 Å². The Morgan fingerprint density at radius 3 is 2.47 bits per heavy atom. The molecule has 2 atom stereocenters. The van der Waals surface area contributed by atoms with Crippen LogP contribution in [0.15, 0.2) is 65.1 Å². The van der Waals surface area contributed by atoms with Gasteiger partial charge >= 0.3 is 0 Å². The fraction of sp³-hybridized carbons (Fsp3) is 0.452. The van der Waals surface area contributed by atoms with E-state index in [1.54, 1.807) is 7.11 Å². The van der Waals surface area contributed by atoms with Crippen LogP contribution >= 0.6 is 15.9 Å². The number of piperidine rings is 1. The summed E-state index contributed by atoms with van der Waals surface area (Å²) in [4.78, 5) is 50.3. The number of amides is 3. The molecule has 1 unspecified atom stereocenters. The van der Waals surface area contributed by atoms with Gasteiger partial charge in [-0.3, -0.25) is 24.6 Å². The third kappa shape index (κ3) is 10.9. The van der Waals surface area contributed by atoms with Crippen molar-refractivity contribution >= 4 is 56.1 Å². The third-order valence-electron chi connectivity index (χ3n) is 10.4. The predicted molar refractivity (Wildman–Crippen MR) is 219 cm³/mol. The van der Waals surface area contributed by atoms with Gasteiger partial charge in [0.25, 0.3) is 0 Å². The number of nitrogens with zero attached hydrogens (tertiary/aromatic N) is 4. The van der Waals surface area contributed by atoms with Crippen LogP contribution in [0.3, 0.4) is 0 Å². The SMILES string of the molecule is COc1cc2c(N[C@H](C)c3cccc(Br)c3)nc(C)nc2cc1OCCCCCCCN1CCN(C(=O)CNc2ccc(C3CCC(=O)NC3=O)cc2)CC1. The van der Waals surface area contributed by atoms with E-state index in [2.05, 4.69) is 55.8 Å². The number of halogens is 1. The average molecular weight is 815 g/mol. The topological polar surface area (TPSA) is 138 Å². The molecule has 6 rings (SSSR count). The lowest BCUT2D eigenvalue weighted by molar-refractivity contribution is -0.134. The van der Waals surface area contributed by atoms with Crippen molar-refractivity contribution in [1.29, 1.82) is 0 Å². The van der Waals surface area contributed by atoms with Crippen molar-refractivity contribution in [1.82, 2.24) is 25.1 Å². The number of unbranched alkanes of at least 4 members (excludes halogenated alkanes) is 4. The number of hydrogen-bond acceptors (Lipinski definition) is 10. The summed E-state index contributed by atoms with van der Waals surface area (Å²) in [6.45, 7) is 9.15. The molecule has 0 aliphatic carbocycles. The Bertz CT molecular complexity index is 1950. The summed E-state index contributed by atoms with van der Waals surface area (Å²) in [6.07, 6.45) is 6.37. The first kappa shape index (κ1) is 39.9. The van der Waals surface area contributed by atoms with Gasteiger partial charge in [0.15, 0.2) is 11.5 Å². The van der Waals surface area contributed by atoms with Crippen molar-refractivity contribution in [2.45, 2.75) is 70.8 Å². The highest BCUT2D eigenvalue weighted by molar-refractivity contribution is 9.10. The first-order valence-electron chi connectivity index (χ1n) is 19.4. The van der Waals surface area contributed by atoms with E-state index in [1.807, 2.05) is 60.4 Å².